The highest BCUT2D eigenvalue weighted by Gasteiger charge is 2.49. The van der Waals surface area contributed by atoms with E-state index in [-0.39, 0.29) is 35.8 Å². The van der Waals surface area contributed by atoms with Crippen molar-refractivity contribution in [2.24, 2.45) is 0 Å². The Morgan fingerprint density at radius 3 is 2.44 bits per heavy atom. The van der Waals surface area contributed by atoms with Crippen molar-refractivity contribution in [2.75, 3.05) is 40.3 Å². The minimum absolute atomic E-state index is 0.0270. The van der Waals surface area contributed by atoms with Gasteiger partial charge in [-0.15, -0.1) is 0 Å². The van der Waals surface area contributed by atoms with E-state index in [1.807, 2.05) is 34.9 Å². The maximum absolute atomic E-state index is 12.8. The van der Waals surface area contributed by atoms with Crippen LogP contribution in [-0.4, -0.2) is 95.7 Å². The molecule has 25 heavy (non-hydrogen) atoms. The van der Waals surface area contributed by atoms with Crippen molar-refractivity contribution in [1.82, 2.24) is 19.6 Å². The first-order valence-electron chi connectivity index (χ1n) is 9.08. The molecule has 7 heteroatoms. The maximum Gasteiger partial charge on any atom is 0.246 e. The molecule has 4 aliphatic heterocycles. The molecule has 3 unspecified atom stereocenters. The number of likely N-dealkylation sites (tertiary alicyclic amines) is 1. The molecule has 0 aromatic rings. The van der Waals surface area contributed by atoms with E-state index in [9.17, 15) is 14.4 Å². The van der Waals surface area contributed by atoms with Crippen LogP contribution >= 0.6 is 0 Å². The van der Waals surface area contributed by atoms with Crippen LogP contribution in [0, 0.1) is 0 Å². The Bertz CT molecular complexity index is 577. The Balaban J connectivity index is 1.56. The Morgan fingerprint density at radius 2 is 1.84 bits per heavy atom. The number of amides is 3. The standard InChI is InChI=1S/C18H28N4O3/c1-13(23)21-9-4-6-16(21)18(25)20-11-14-10-15(12-20)22(14)17(24)7-5-8-19(2)3/h5,7,14-16H,4,6,8-12H2,1-3H3/b7-5+. The quantitative estimate of drug-likeness (QED) is 0.667. The highest BCUT2D eigenvalue weighted by molar-refractivity contribution is 5.90. The van der Waals surface area contributed by atoms with E-state index in [1.165, 1.54) is 6.92 Å². The summed E-state index contributed by atoms with van der Waals surface area (Å²) in [5, 5.41) is 0. The Kier molecular flexibility index (Phi) is 5.13. The lowest BCUT2D eigenvalue weighted by Gasteiger charge is -2.56. The largest absolute Gasteiger partial charge is 0.337 e. The van der Waals surface area contributed by atoms with Gasteiger partial charge in [0.1, 0.15) is 6.04 Å². The van der Waals surface area contributed by atoms with Gasteiger partial charge in [-0.2, -0.15) is 0 Å². The number of likely N-dealkylation sites (N-methyl/N-ethyl adjacent to an activating group) is 1. The first-order chi connectivity index (χ1) is 11.9. The summed E-state index contributed by atoms with van der Waals surface area (Å²) in [6, 6.07) is -0.0723. The monoisotopic (exact) mass is 348 g/mol. The van der Waals surface area contributed by atoms with Crippen LogP contribution in [0.25, 0.3) is 0 Å². The number of carbonyl (C=O) groups is 3. The minimum atomic E-state index is -0.306. The van der Waals surface area contributed by atoms with E-state index in [1.54, 1.807) is 11.0 Å². The third kappa shape index (κ3) is 3.56. The normalized spacial score (nSPS) is 28.6. The molecule has 0 spiro atoms. The molecule has 4 heterocycles. The van der Waals surface area contributed by atoms with Crippen molar-refractivity contribution in [3.8, 4) is 0 Å². The lowest BCUT2D eigenvalue weighted by molar-refractivity contribution is -0.160. The lowest BCUT2D eigenvalue weighted by Crippen LogP contribution is -2.71. The number of hydrogen-bond donors (Lipinski definition) is 0. The van der Waals surface area contributed by atoms with Gasteiger partial charge in [0.15, 0.2) is 0 Å². The molecular formula is C18H28N4O3. The molecule has 2 bridgehead atoms. The molecule has 0 aromatic heterocycles. The molecule has 0 aliphatic carbocycles. The predicted octanol–water partition coefficient (Wildman–Crippen LogP) is -0.0732. The van der Waals surface area contributed by atoms with Crippen LogP contribution in [0.1, 0.15) is 26.2 Å². The maximum atomic E-state index is 12.8. The van der Waals surface area contributed by atoms with Crippen LogP contribution in [-0.2, 0) is 14.4 Å². The number of piperidine rings is 1. The summed E-state index contributed by atoms with van der Waals surface area (Å²) >= 11 is 0. The number of carbonyl (C=O) groups excluding carboxylic acids is 3. The second-order valence-corrected chi connectivity index (χ2v) is 7.57. The zero-order valence-electron chi connectivity index (χ0n) is 15.4. The van der Waals surface area contributed by atoms with Crippen LogP contribution < -0.4 is 0 Å². The fourth-order valence-corrected chi connectivity index (χ4v) is 4.21. The van der Waals surface area contributed by atoms with Gasteiger partial charge in [-0.25, -0.2) is 0 Å². The van der Waals surface area contributed by atoms with Crippen molar-refractivity contribution in [3.05, 3.63) is 12.2 Å². The summed E-state index contributed by atoms with van der Waals surface area (Å²) in [6.07, 6.45) is 6.13. The summed E-state index contributed by atoms with van der Waals surface area (Å²) in [5.41, 5.74) is 0. The fourth-order valence-electron chi connectivity index (χ4n) is 4.21. The number of fused-ring (bicyclic) bond motifs is 2. The molecule has 4 saturated heterocycles. The molecule has 4 aliphatic rings. The molecule has 3 amide bonds. The molecule has 0 aromatic carbocycles. The van der Waals surface area contributed by atoms with E-state index in [4.69, 9.17) is 0 Å². The van der Waals surface area contributed by atoms with Gasteiger partial charge in [0.25, 0.3) is 0 Å². The number of rotatable bonds is 4. The van der Waals surface area contributed by atoms with Crippen LogP contribution in [0.5, 0.6) is 0 Å². The van der Waals surface area contributed by atoms with Gasteiger partial charge in [-0.05, 0) is 33.4 Å². The highest BCUT2D eigenvalue weighted by Crippen LogP contribution is 2.33. The van der Waals surface area contributed by atoms with E-state index in [0.29, 0.717) is 19.6 Å². The van der Waals surface area contributed by atoms with E-state index >= 15 is 0 Å². The van der Waals surface area contributed by atoms with Gasteiger partial charge in [0.2, 0.25) is 17.7 Å². The van der Waals surface area contributed by atoms with Gasteiger partial charge in [-0.3, -0.25) is 14.4 Å². The zero-order valence-corrected chi connectivity index (χ0v) is 15.4. The first-order valence-corrected chi connectivity index (χ1v) is 9.08. The van der Waals surface area contributed by atoms with Crippen molar-refractivity contribution in [3.63, 3.8) is 0 Å². The Hall–Kier alpha value is -1.89. The topological polar surface area (TPSA) is 64.2 Å². The SMILES string of the molecule is CC(=O)N1CCCC1C(=O)N1CC2CC(C1)N2C(=O)/C=C/CN(C)C. The number of piperazine rings is 1. The van der Waals surface area contributed by atoms with Gasteiger partial charge in [-0.1, -0.05) is 6.08 Å². The molecule has 0 radical (unpaired) electrons. The Morgan fingerprint density at radius 1 is 1.16 bits per heavy atom. The van der Waals surface area contributed by atoms with E-state index in [0.717, 1.165) is 25.8 Å². The molecule has 7 nitrogen and oxygen atoms in total. The summed E-state index contributed by atoms with van der Waals surface area (Å²) in [4.78, 5) is 44.3. The van der Waals surface area contributed by atoms with Crippen LogP contribution in [0.4, 0.5) is 0 Å². The third-order valence-electron chi connectivity index (χ3n) is 5.43. The average Bonchev–Trinajstić information content (AvgIpc) is 3.03. The van der Waals surface area contributed by atoms with Crippen molar-refractivity contribution in [1.29, 1.82) is 0 Å². The second-order valence-electron chi connectivity index (χ2n) is 7.57. The van der Waals surface area contributed by atoms with Crippen LogP contribution in [0.15, 0.2) is 12.2 Å². The highest BCUT2D eigenvalue weighted by atomic mass is 16.2. The van der Waals surface area contributed by atoms with Gasteiger partial charge in [0, 0.05) is 39.2 Å². The minimum Gasteiger partial charge on any atom is -0.337 e. The number of hydrogen-bond acceptors (Lipinski definition) is 4. The summed E-state index contributed by atoms with van der Waals surface area (Å²) < 4.78 is 0. The molecule has 138 valence electrons. The third-order valence-corrected chi connectivity index (χ3v) is 5.43. The van der Waals surface area contributed by atoms with Gasteiger partial charge >= 0.3 is 0 Å². The summed E-state index contributed by atoms with van der Waals surface area (Å²) in [6.45, 7) is 4.12. The first kappa shape index (κ1) is 17.9. The van der Waals surface area contributed by atoms with Gasteiger partial charge < -0.3 is 19.6 Å². The fraction of sp³-hybridized carbons (Fsp3) is 0.722. The van der Waals surface area contributed by atoms with Gasteiger partial charge in [0.05, 0.1) is 12.1 Å². The van der Waals surface area contributed by atoms with Crippen LogP contribution in [0.2, 0.25) is 0 Å². The molecule has 4 rings (SSSR count). The van der Waals surface area contributed by atoms with Crippen molar-refractivity contribution < 1.29 is 14.4 Å². The molecular weight excluding hydrogens is 320 g/mol. The predicted molar refractivity (Wildman–Crippen MR) is 93.7 cm³/mol. The lowest BCUT2D eigenvalue weighted by atomic mass is 9.86. The number of nitrogens with zero attached hydrogens (tertiary/aromatic N) is 4. The van der Waals surface area contributed by atoms with E-state index in [2.05, 4.69) is 0 Å². The van der Waals surface area contributed by atoms with Crippen molar-refractivity contribution >= 4 is 17.7 Å². The molecule has 4 fully saturated rings. The van der Waals surface area contributed by atoms with Crippen LogP contribution in [0.3, 0.4) is 0 Å². The van der Waals surface area contributed by atoms with Crippen molar-refractivity contribution in [2.45, 2.75) is 44.3 Å². The zero-order chi connectivity index (χ0) is 18.1. The van der Waals surface area contributed by atoms with E-state index < -0.39 is 0 Å². The Labute approximate surface area is 149 Å². The molecule has 0 saturated carbocycles. The smallest absolute Gasteiger partial charge is 0.246 e. The second kappa shape index (κ2) is 7.15. The molecule has 0 N–H and O–H groups in total. The average molecular weight is 348 g/mol. The summed E-state index contributed by atoms with van der Waals surface area (Å²) in [7, 11) is 3.92. The summed E-state index contributed by atoms with van der Waals surface area (Å²) in [5.74, 6) is 0.0694. The molecule has 3 atom stereocenters.